The molecule has 2 N–H and O–H groups in total. The molecule has 0 fully saturated rings. The summed E-state index contributed by atoms with van der Waals surface area (Å²) in [6, 6.07) is 20.5. The van der Waals surface area contributed by atoms with E-state index < -0.39 is 5.91 Å². The lowest BCUT2D eigenvalue weighted by atomic mass is 9.87. The molecule has 1 heterocycles. The second-order valence-electron chi connectivity index (χ2n) is 7.91. The third-order valence-electron chi connectivity index (χ3n) is 5.80. The lowest BCUT2D eigenvalue weighted by molar-refractivity contribution is -0.115. The molecule has 0 bridgehead atoms. The van der Waals surface area contributed by atoms with Gasteiger partial charge in [0.15, 0.2) is 11.5 Å². The van der Waals surface area contributed by atoms with Crippen LogP contribution in [0.5, 0.6) is 5.75 Å². The molecule has 5 rings (SSSR count). The average Bonchev–Trinajstić information content (AvgIpc) is 2.81. The Balaban J connectivity index is 1.35. The number of hydrogen-bond acceptors (Lipinski definition) is 3. The molecule has 0 saturated heterocycles. The SMILES string of the molecule is O=C1Nc2cc(C(=O)N[C@H]3CCCc4ccccc43)ccc2O/C1=C/c1ccccc1Cl. The highest BCUT2D eigenvalue weighted by molar-refractivity contribution is 6.32. The lowest BCUT2D eigenvalue weighted by Crippen LogP contribution is -2.31. The van der Waals surface area contributed by atoms with E-state index in [4.69, 9.17) is 16.3 Å². The molecule has 160 valence electrons. The Labute approximate surface area is 191 Å². The van der Waals surface area contributed by atoms with Gasteiger partial charge in [-0.1, -0.05) is 54.1 Å². The fraction of sp³-hybridized carbons (Fsp3) is 0.154. The number of hydrogen-bond donors (Lipinski definition) is 2. The number of aryl methyl sites for hydroxylation is 1. The number of amides is 2. The van der Waals surface area contributed by atoms with E-state index in [2.05, 4.69) is 22.8 Å². The van der Waals surface area contributed by atoms with Crippen LogP contribution in [0.25, 0.3) is 6.08 Å². The number of carbonyl (C=O) groups is 2. The Morgan fingerprint density at radius 2 is 1.91 bits per heavy atom. The van der Waals surface area contributed by atoms with Crippen LogP contribution in [0.15, 0.2) is 72.5 Å². The van der Waals surface area contributed by atoms with Gasteiger partial charge in [0.25, 0.3) is 11.8 Å². The molecule has 0 saturated carbocycles. The van der Waals surface area contributed by atoms with Crippen LogP contribution in [0.4, 0.5) is 5.69 Å². The molecule has 0 spiro atoms. The van der Waals surface area contributed by atoms with Crippen molar-refractivity contribution in [1.29, 1.82) is 0 Å². The minimum Gasteiger partial charge on any atom is -0.449 e. The number of benzene rings is 3. The summed E-state index contributed by atoms with van der Waals surface area (Å²) in [5, 5.41) is 6.47. The van der Waals surface area contributed by atoms with Gasteiger partial charge in [0.05, 0.1) is 11.7 Å². The van der Waals surface area contributed by atoms with Gasteiger partial charge in [-0.3, -0.25) is 9.59 Å². The largest absolute Gasteiger partial charge is 0.449 e. The number of nitrogens with one attached hydrogen (secondary N) is 2. The summed E-state index contributed by atoms with van der Waals surface area (Å²) < 4.78 is 5.79. The van der Waals surface area contributed by atoms with Crippen LogP contribution >= 0.6 is 11.6 Å². The van der Waals surface area contributed by atoms with Crippen LogP contribution in [-0.2, 0) is 11.2 Å². The predicted molar refractivity (Wildman–Crippen MR) is 125 cm³/mol. The van der Waals surface area contributed by atoms with Gasteiger partial charge in [-0.2, -0.15) is 0 Å². The van der Waals surface area contributed by atoms with Gasteiger partial charge in [0, 0.05) is 10.6 Å². The normalized spacial score (nSPS) is 18.2. The Hall–Kier alpha value is -3.57. The van der Waals surface area contributed by atoms with Crippen molar-refractivity contribution in [2.24, 2.45) is 0 Å². The highest BCUT2D eigenvalue weighted by atomic mass is 35.5. The molecular formula is C26H21ClN2O3. The Morgan fingerprint density at radius 1 is 1.09 bits per heavy atom. The highest BCUT2D eigenvalue weighted by Gasteiger charge is 2.25. The molecule has 3 aromatic rings. The van der Waals surface area contributed by atoms with Crippen molar-refractivity contribution in [2.75, 3.05) is 5.32 Å². The van der Waals surface area contributed by atoms with Crippen LogP contribution < -0.4 is 15.4 Å². The van der Waals surface area contributed by atoms with E-state index in [0.717, 1.165) is 19.3 Å². The Morgan fingerprint density at radius 3 is 2.78 bits per heavy atom. The molecule has 1 aliphatic carbocycles. The summed E-state index contributed by atoms with van der Waals surface area (Å²) in [6.07, 6.45) is 4.58. The first-order valence-corrected chi connectivity index (χ1v) is 10.9. The monoisotopic (exact) mass is 444 g/mol. The van der Waals surface area contributed by atoms with Crippen molar-refractivity contribution >= 4 is 35.2 Å². The third-order valence-corrected chi connectivity index (χ3v) is 6.14. The van der Waals surface area contributed by atoms with Gasteiger partial charge in [0.1, 0.15) is 0 Å². The van der Waals surface area contributed by atoms with Gasteiger partial charge in [-0.15, -0.1) is 0 Å². The van der Waals surface area contributed by atoms with Crippen molar-refractivity contribution in [1.82, 2.24) is 5.32 Å². The van der Waals surface area contributed by atoms with E-state index >= 15 is 0 Å². The molecule has 0 radical (unpaired) electrons. The molecule has 0 aromatic heterocycles. The zero-order valence-corrected chi connectivity index (χ0v) is 18.0. The number of fused-ring (bicyclic) bond motifs is 2. The van der Waals surface area contributed by atoms with E-state index in [1.54, 1.807) is 36.4 Å². The number of carbonyl (C=O) groups excluding carboxylic acids is 2. The molecule has 32 heavy (non-hydrogen) atoms. The number of ether oxygens (including phenoxy) is 1. The fourth-order valence-electron chi connectivity index (χ4n) is 4.18. The lowest BCUT2D eigenvalue weighted by Gasteiger charge is -2.26. The Kier molecular flexibility index (Phi) is 5.41. The zero-order valence-electron chi connectivity index (χ0n) is 17.2. The van der Waals surface area contributed by atoms with E-state index in [1.165, 1.54) is 11.1 Å². The third kappa shape index (κ3) is 3.99. The van der Waals surface area contributed by atoms with Crippen molar-refractivity contribution < 1.29 is 14.3 Å². The first-order valence-electron chi connectivity index (χ1n) is 10.6. The summed E-state index contributed by atoms with van der Waals surface area (Å²) in [5.41, 5.74) is 4.08. The number of anilines is 1. The first kappa shape index (κ1) is 20.3. The second kappa shape index (κ2) is 8.52. The van der Waals surface area contributed by atoms with E-state index in [0.29, 0.717) is 27.6 Å². The molecule has 0 unspecified atom stereocenters. The molecule has 3 aromatic carbocycles. The van der Waals surface area contributed by atoms with Gasteiger partial charge >= 0.3 is 0 Å². The van der Waals surface area contributed by atoms with Crippen LogP contribution in [-0.4, -0.2) is 11.8 Å². The molecule has 2 aliphatic rings. The molecule has 5 nitrogen and oxygen atoms in total. The van der Waals surface area contributed by atoms with Crippen molar-refractivity contribution in [3.8, 4) is 5.75 Å². The van der Waals surface area contributed by atoms with Crippen LogP contribution in [0.1, 0.15) is 45.9 Å². The highest BCUT2D eigenvalue weighted by Crippen LogP contribution is 2.34. The molecule has 1 aliphatic heterocycles. The summed E-state index contributed by atoms with van der Waals surface area (Å²) in [6.45, 7) is 0. The summed E-state index contributed by atoms with van der Waals surface area (Å²) >= 11 is 6.18. The summed E-state index contributed by atoms with van der Waals surface area (Å²) in [4.78, 5) is 25.5. The predicted octanol–water partition coefficient (Wildman–Crippen LogP) is 5.52. The second-order valence-corrected chi connectivity index (χ2v) is 8.32. The van der Waals surface area contributed by atoms with E-state index in [-0.39, 0.29) is 17.7 Å². The van der Waals surface area contributed by atoms with Crippen molar-refractivity contribution in [3.05, 3.63) is 99.8 Å². The quantitative estimate of drug-likeness (QED) is 0.523. The van der Waals surface area contributed by atoms with Crippen LogP contribution in [0.2, 0.25) is 5.02 Å². The van der Waals surface area contributed by atoms with Crippen molar-refractivity contribution in [3.63, 3.8) is 0 Å². The Bertz CT molecular complexity index is 1250. The molecular weight excluding hydrogens is 424 g/mol. The fourth-order valence-corrected chi connectivity index (χ4v) is 4.37. The maximum Gasteiger partial charge on any atom is 0.291 e. The van der Waals surface area contributed by atoms with Gasteiger partial charge in [-0.25, -0.2) is 0 Å². The maximum atomic E-state index is 12.9. The first-order chi connectivity index (χ1) is 15.6. The number of halogens is 1. The van der Waals surface area contributed by atoms with Crippen LogP contribution in [0.3, 0.4) is 0 Å². The standard InChI is InChI=1S/C26H21ClN2O3/c27-20-10-4-2-7-17(20)15-24-26(31)29-22-14-18(12-13-23(22)32-24)25(30)28-21-11-5-8-16-6-1-3-9-19(16)21/h1-4,6-7,9-10,12-15,21H,5,8,11H2,(H,28,30)(H,29,31)/b24-15+/t21-/m0/s1. The van der Waals surface area contributed by atoms with E-state index in [9.17, 15) is 9.59 Å². The molecule has 6 heteroatoms. The van der Waals surface area contributed by atoms with E-state index in [1.807, 2.05) is 24.3 Å². The van der Waals surface area contributed by atoms with Crippen molar-refractivity contribution in [2.45, 2.75) is 25.3 Å². The zero-order chi connectivity index (χ0) is 22.1. The van der Waals surface area contributed by atoms with Gasteiger partial charge < -0.3 is 15.4 Å². The smallest absolute Gasteiger partial charge is 0.291 e. The molecule has 2 amide bonds. The van der Waals surface area contributed by atoms with Crippen LogP contribution in [0, 0.1) is 0 Å². The average molecular weight is 445 g/mol. The molecule has 1 atom stereocenters. The summed E-state index contributed by atoms with van der Waals surface area (Å²) in [5.74, 6) is 0.0430. The van der Waals surface area contributed by atoms with Gasteiger partial charge in [0.2, 0.25) is 0 Å². The minimum atomic E-state index is -0.392. The summed E-state index contributed by atoms with van der Waals surface area (Å²) in [7, 11) is 0. The number of rotatable bonds is 3. The topological polar surface area (TPSA) is 67.4 Å². The van der Waals surface area contributed by atoms with Gasteiger partial charge in [-0.05, 0) is 66.3 Å². The maximum absolute atomic E-state index is 12.9. The minimum absolute atomic E-state index is 0.0144.